The Hall–Kier alpha value is -2.10. The van der Waals surface area contributed by atoms with Gasteiger partial charge >= 0.3 is 6.18 Å². The van der Waals surface area contributed by atoms with Gasteiger partial charge in [0.05, 0.1) is 17.4 Å². The van der Waals surface area contributed by atoms with Gasteiger partial charge < -0.3 is 14.6 Å². The van der Waals surface area contributed by atoms with E-state index >= 15 is 0 Å². The second kappa shape index (κ2) is 5.20. The first kappa shape index (κ1) is 15.4. The number of halogens is 3. The lowest BCUT2D eigenvalue weighted by molar-refractivity contribution is -0.138. The van der Waals surface area contributed by atoms with E-state index in [0.717, 1.165) is 12.8 Å². The Balaban J connectivity index is 1.49. The number of nitrogens with one attached hydrogen (secondary N) is 1. The molecule has 2 aliphatic rings. The molecular formula is C14H13F3N4O2S. The number of hydrogen-bond acceptors (Lipinski definition) is 6. The van der Waals surface area contributed by atoms with Crippen LogP contribution in [0.15, 0.2) is 23.0 Å². The van der Waals surface area contributed by atoms with Crippen molar-refractivity contribution in [2.24, 2.45) is 5.92 Å². The van der Waals surface area contributed by atoms with Gasteiger partial charge in [-0.25, -0.2) is 0 Å². The number of amides is 1. The molecule has 0 radical (unpaired) electrons. The smallest absolute Gasteiger partial charge is 0.445 e. The first-order valence-corrected chi connectivity index (χ1v) is 8.19. The molecular weight excluding hydrogens is 345 g/mol. The standard InChI is InChI=1S/C14H13F3N4O2S/c15-14(16,17)11-19-20-12(24-11)18-13-3-1-9(13)5-21(7-13)10(22)8-2-4-23-6-8/h2,4,6,9H,1,3,5,7H2,(H,18,20). The van der Waals surface area contributed by atoms with Crippen LogP contribution in [-0.2, 0) is 6.18 Å². The maximum absolute atomic E-state index is 12.6. The molecule has 2 unspecified atom stereocenters. The number of likely N-dealkylation sites (tertiary alicyclic amines) is 1. The van der Waals surface area contributed by atoms with Crippen molar-refractivity contribution in [3.63, 3.8) is 0 Å². The van der Waals surface area contributed by atoms with Crippen molar-refractivity contribution in [3.8, 4) is 0 Å². The van der Waals surface area contributed by atoms with E-state index in [0.29, 0.717) is 30.0 Å². The van der Waals surface area contributed by atoms with Gasteiger partial charge in [-0.1, -0.05) is 11.3 Å². The highest BCUT2D eigenvalue weighted by atomic mass is 32.1. The summed E-state index contributed by atoms with van der Waals surface area (Å²) in [6.45, 7) is 1.00. The Labute approximate surface area is 138 Å². The third-order valence-corrected chi connectivity index (χ3v) is 5.60. The van der Waals surface area contributed by atoms with E-state index in [1.807, 2.05) is 0 Å². The third kappa shape index (κ3) is 2.45. The molecule has 1 saturated carbocycles. The monoisotopic (exact) mass is 358 g/mol. The van der Waals surface area contributed by atoms with Crippen molar-refractivity contribution < 1.29 is 22.4 Å². The molecule has 0 spiro atoms. The molecule has 2 aromatic heterocycles. The molecule has 2 aromatic rings. The molecule has 1 saturated heterocycles. The first-order chi connectivity index (χ1) is 11.4. The van der Waals surface area contributed by atoms with Crippen LogP contribution in [0.2, 0.25) is 0 Å². The zero-order valence-electron chi connectivity index (χ0n) is 12.3. The predicted octanol–water partition coefficient (Wildman–Crippen LogP) is 2.87. The molecule has 2 atom stereocenters. The van der Waals surface area contributed by atoms with Crippen LogP contribution < -0.4 is 5.32 Å². The van der Waals surface area contributed by atoms with Crippen LogP contribution in [0.1, 0.15) is 28.2 Å². The Morgan fingerprint density at radius 3 is 2.88 bits per heavy atom. The number of anilines is 1. The van der Waals surface area contributed by atoms with Crippen molar-refractivity contribution in [1.29, 1.82) is 0 Å². The Morgan fingerprint density at radius 1 is 1.46 bits per heavy atom. The SMILES string of the molecule is O=C(c1ccoc1)N1CC2CCC2(Nc2nnc(C(F)(F)F)s2)C1. The normalized spacial score (nSPS) is 26.1. The van der Waals surface area contributed by atoms with E-state index in [2.05, 4.69) is 15.5 Å². The fourth-order valence-electron chi connectivity index (χ4n) is 3.37. The van der Waals surface area contributed by atoms with E-state index in [1.165, 1.54) is 12.5 Å². The number of fused-ring (bicyclic) bond motifs is 1. The minimum Gasteiger partial charge on any atom is -0.472 e. The average molecular weight is 358 g/mol. The molecule has 1 amide bonds. The van der Waals surface area contributed by atoms with Gasteiger partial charge in [-0.15, -0.1) is 10.2 Å². The van der Waals surface area contributed by atoms with Crippen molar-refractivity contribution in [2.45, 2.75) is 24.6 Å². The number of aromatic nitrogens is 2. The molecule has 128 valence electrons. The molecule has 0 bridgehead atoms. The number of alkyl halides is 3. The van der Waals surface area contributed by atoms with Crippen molar-refractivity contribution in [3.05, 3.63) is 29.2 Å². The van der Waals surface area contributed by atoms with E-state index in [1.54, 1.807) is 11.0 Å². The molecule has 24 heavy (non-hydrogen) atoms. The summed E-state index contributed by atoms with van der Waals surface area (Å²) in [6, 6.07) is 1.60. The second-order valence-corrected chi connectivity index (χ2v) is 7.10. The summed E-state index contributed by atoms with van der Waals surface area (Å²) in [6.07, 6.45) is 0.0446. The maximum Gasteiger partial charge on any atom is 0.445 e. The van der Waals surface area contributed by atoms with Gasteiger partial charge in [-0.3, -0.25) is 4.79 Å². The highest BCUT2D eigenvalue weighted by molar-refractivity contribution is 7.15. The highest BCUT2D eigenvalue weighted by Gasteiger charge is 2.54. The number of furan rings is 1. The number of hydrogen-bond donors (Lipinski definition) is 1. The van der Waals surface area contributed by atoms with Gasteiger partial charge in [0.2, 0.25) is 10.1 Å². The Kier molecular flexibility index (Phi) is 3.34. The topological polar surface area (TPSA) is 71.3 Å². The lowest BCUT2D eigenvalue weighted by Crippen LogP contribution is -2.53. The van der Waals surface area contributed by atoms with Crippen LogP contribution in [0.3, 0.4) is 0 Å². The third-order valence-electron chi connectivity index (χ3n) is 4.71. The number of carbonyl (C=O) groups is 1. The van der Waals surface area contributed by atoms with Crippen LogP contribution in [-0.4, -0.2) is 39.6 Å². The summed E-state index contributed by atoms with van der Waals surface area (Å²) in [5.41, 5.74) is 0.0589. The van der Waals surface area contributed by atoms with Gasteiger partial charge in [0.15, 0.2) is 0 Å². The zero-order valence-corrected chi connectivity index (χ0v) is 13.2. The van der Waals surface area contributed by atoms with Crippen LogP contribution in [0, 0.1) is 5.92 Å². The lowest BCUT2D eigenvalue weighted by Gasteiger charge is -2.44. The lowest BCUT2D eigenvalue weighted by atomic mass is 9.69. The number of carbonyl (C=O) groups excluding carboxylic acids is 1. The van der Waals surface area contributed by atoms with Crippen LogP contribution in [0.25, 0.3) is 0 Å². The summed E-state index contributed by atoms with van der Waals surface area (Å²) in [5.74, 6) is 0.0687. The molecule has 2 fully saturated rings. The minimum absolute atomic E-state index is 0.132. The summed E-state index contributed by atoms with van der Waals surface area (Å²) < 4.78 is 42.9. The summed E-state index contributed by atoms with van der Waals surface area (Å²) in [7, 11) is 0. The largest absolute Gasteiger partial charge is 0.472 e. The van der Waals surface area contributed by atoms with Crippen molar-refractivity contribution >= 4 is 22.4 Å². The highest BCUT2D eigenvalue weighted by Crippen LogP contribution is 2.47. The predicted molar refractivity (Wildman–Crippen MR) is 78.6 cm³/mol. The summed E-state index contributed by atoms with van der Waals surface area (Å²) in [5, 5.41) is 9.07. The molecule has 1 aliphatic heterocycles. The van der Waals surface area contributed by atoms with Crippen LogP contribution in [0.5, 0.6) is 0 Å². The van der Waals surface area contributed by atoms with Crippen molar-refractivity contribution in [2.75, 3.05) is 18.4 Å². The zero-order chi connectivity index (χ0) is 16.9. The van der Waals surface area contributed by atoms with Gasteiger partial charge in [-0.05, 0) is 18.9 Å². The molecule has 10 heteroatoms. The van der Waals surface area contributed by atoms with E-state index < -0.39 is 16.7 Å². The van der Waals surface area contributed by atoms with Gasteiger partial charge in [0.25, 0.3) is 5.91 Å². The number of rotatable bonds is 3. The first-order valence-electron chi connectivity index (χ1n) is 7.38. The average Bonchev–Trinajstić information content (AvgIpc) is 3.21. The summed E-state index contributed by atoms with van der Waals surface area (Å²) in [4.78, 5) is 14.1. The van der Waals surface area contributed by atoms with E-state index in [4.69, 9.17) is 4.42 Å². The number of nitrogens with zero attached hydrogens (tertiary/aromatic N) is 3. The van der Waals surface area contributed by atoms with Gasteiger partial charge in [-0.2, -0.15) is 13.2 Å². The molecule has 1 aliphatic carbocycles. The van der Waals surface area contributed by atoms with Crippen LogP contribution >= 0.6 is 11.3 Å². The molecule has 1 N–H and O–H groups in total. The van der Waals surface area contributed by atoms with E-state index in [9.17, 15) is 18.0 Å². The van der Waals surface area contributed by atoms with Gasteiger partial charge in [0, 0.05) is 19.0 Å². The van der Waals surface area contributed by atoms with E-state index in [-0.39, 0.29) is 17.0 Å². The maximum atomic E-state index is 12.6. The fourth-order valence-corrected chi connectivity index (χ4v) is 4.09. The quantitative estimate of drug-likeness (QED) is 0.914. The minimum atomic E-state index is -4.49. The molecule has 4 rings (SSSR count). The Bertz CT molecular complexity index is 760. The van der Waals surface area contributed by atoms with Crippen molar-refractivity contribution in [1.82, 2.24) is 15.1 Å². The molecule has 0 aromatic carbocycles. The summed E-state index contributed by atoms with van der Waals surface area (Å²) >= 11 is 0.492. The van der Waals surface area contributed by atoms with Gasteiger partial charge in [0.1, 0.15) is 6.26 Å². The van der Waals surface area contributed by atoms with Crippen LogP contribution in [0.4, 0.5) is 18.3 Å². The fraction of sp³-hybridized carbons (Fsp3) is 0.500. The molecule has 3 heterocycles. The second-order valence-electron chi connectivity index (χ2n) is 6.12. The molecule has 6 nitrogen and oxygen atoms in total. The Morgan fingerprint density at radius 2 is 2.29 bits per heavy atom.